The third-order valence-electron chi connectivity index (χ3n) is 3.25. The first kappa shape index (κ1) is 13.6. The Balaban J connectivity index is 2.35. The van der Waals surface area contributed by atoms with E-state index in [0.717, 1.165) is 10.4 Å². The zero-order valence-corrected chi connectivity index (χ0v) is 11.5. The molecule has 0 radical (unpaired) electrons. The highest BCUT2D eigenvalue weighted by molar-refractivity contribution is 7.93. The van der Waals surface area contributed by atoms with E-state index in [1.807, 2.05) is 0 Å². The first-order valence-electron chi connectivity index (χ1n) is 6.05. The average molecular weight is 307 g/mol. The number of carboxylic acids is 1. The molecule has 0 atom stereocenters. The van der Waals surface area contributed by atoms with E-state index in [0.29, 0.717) is 11.1 Å². The van der Waals surface area contributed by atoms with Gasteiger partial charge in [-0.1, -0.05) is 18.2 Å². The highest BCUT2D eigenvalue weighted by Crippen LogP contribution is 2.42. The van der Waals surface area contributed by atoms with E-state index in [1.165, 1.54) is 18.2 Å². The lowest BCUT2D eigenvalue weighted by atomic mass is 10.0. The van der Waals surface area contributed by atoms with E-state index >= 15 is 0 Å². The first-order chi connectivity index (χ1) is 9.91. The molecular formula is C14H10FNO4S. The molecule has 0 bridgehead atoms. The molecule has 2 aromatic carbocycles. The molecule has 0 amide bonds. The third-order valence-corrected chi connectivity index (χ3v) is 5.07. The second-order valence-corrected chi connectivity index (χ2v) is 6.39. The number of benzene rings is 2. The zero-order chi connectivity index (χ0) is 15.2. The van der Waals surface area contributed by atoms with E-state index in [4.69, 9.17) is 5.11 Å². The van der Waals surface area contributed by atoms with Crippen molar-refractivity contribution in [3.05, 3.63) is 48.3 Å². The topological polar surface area (TPSA) is 74.7 Å². The Hall–Kier alpha value is -2.41. The standard InChI is InChI=1S/C14H10FNO4S/c15-9-5-6-12-11(7-9)10-3-1-2-4-13(10)21(19,20)16(12)8-14(17)18/h1-7H,8H2,(H,17,18). The van der Waals surface area contributed by atoms with Crippen molar-refractivity contribution in [2.45, 2.75) is 4.90 Å². The van der Waals surface area contributed by atoms with Crippen molar-refractivity contribution in [3.8, 4) is 11.1 Å². The minimum absolute atomic E-state index is 0.0237. The molecule has 5 nitrogen and oxygen atoms in total. The average Bonchev–Trinajstić information content (AvgIpc) is 2.44. The quantitative estimate of drug-likeness (QED) is 0.922. The summed E-state index contributed by atoms with van der Waals surface area (Å²) in [6.45, 7) is -0.713. The van der Waals surface area contributed by atoms with Gasteiger partial charge < -0.3 is 5.11 Å². The van der Waals surface area contributed by atoms with E-state index in [1.54, 1.807) is 18.2 Å². The molecule has 0 fully saturated rings. The summed E-state index contributed by atoms with van der Waals surface area (Å²) < 4.78 is 39.4. The largest absolute Gasteiger partial charge is 0.480 e. The van der Waals surface area contributed by atoms with Gasteiger partial charge in [0, 0.05) is 11.1 Å². The smallest absolute Gasteiger partial charge is 0.324 e. The second-order valence-electron chi connectivity index (χ2n) is 4.56. The van der Waals surface area contributed by atoms with Crippen LogP contribution in [0.4, 0.5) is 10.1 Å². The predicted molar refractivity (Wildman–Crippen MR) is 74.0 cm³/mol. The summed E-state index contributed by atoms with van der Waals surface area (Å²) in [4.78, 5) is 10.9. The lowest BCUT2D eigenvalue weighted by molar-refractivity contribution is -0.135. The van der Waals surface area contributed by atoms with E-state index in [9.17, 15) is 17.6 Å². The minimum atomic E-state index is -3.97. The van der Waals surface area contributed by atoms with Crippen LogP contribution in [0.2, 0.25) is 0 Å². The van der Waals surface area contributed by atoms with Crippen molar-refractivity contribution in [3.63, 3.8) is 0 Å². The first-order valence-corrected chi connectivity index (χ1v) is 7.49. The van der Waals surface area contributed by atoms with Crippen LogP contribution in [0.1, 0.15) is 0 Å². The molecule has 0 saturated carbocycles. The molecule has 1 aliphatic heterocycles. The molecule has 0 aromatic heterocycles. The van der Waals surface area contributed by atoms with Crippen LogP contribution in [-0.4, -0.2) is 26.0 Å². The fourth-order valence-electron chi connectivity index (χ4n) is 2.40. The number of nitrogens with zero attached hydrogens (tertiary/aromatic N) is 1. The number of fused-ring (bicyclic) bond motifs is 3. The number of sulfonamides is 1. The minimum Gasteiger partial charge on any atom is -0.480 e. The maximum atomic E-state index is 13.5. The van der Waals surface area contributed by atoms with Crippen molar-refractivity contribution < 1.29 is 22.7 Å². The van der Waals surface area contributed by atoms with E-state index in [-0.39, 0.29) is 10.6 Å². The fraction of sp³-hybridized carbons (Fsp3) is 0.0714. The van der Waals surface area contributed by atoms with E-state index < -0.39 is 28.4 Å². The molecule has 21 heavy (non-hydrogen) atoms. The van der Waals surface area contributed by atoms with Crippen LogP contribution in [0.3, 0.4) is 0 Å². The van der Waals surface area contributed by atoms with Gasteiger partial charge in [-0.05, 0) is 24.3 Å². The third kappa shape index (κ3) is 2.06. The molecule has 1 N–H and O–H groups in total. The van der Waals surface area contributed by atoms with Gasteiger partial charge in [0.2, 0.25) is 0 Å². The highest BCUT2D eigenvalue weighted by atomic mass is 32.2. The summed E-state index contributed by atoms with van der Waals surface area (Å²) >= 11 is 0. The van der Waals surface area contributed by atoms with Crippen LogP contribution in [0.5, 0.6) is 0 Å². The Bertz CT molecular complexity index is 848. The zero-order valence-electron chi connectivity index (χ0n) is 10.7. The number of halogens is 1. The predicted octanol–water partition coefficient (Wildman–Crippen LogP) is 2.09. The number of anilines is 1. The van der Waals surface area contributed by atoms with Crippen LogP contribution >= 0.6 is 0 Å². The van der Waals surface area contributed by atoms with Crippen LogP contribution < -0.4 is 4.31 Å². The van der Waals surface area contributed by atoms with Crippen molar-refractivity contribution in [2.24, 2.45) is 0 Å². The maximum Gasteiger partial charge on any atom is 0.324 e. The van der Waals surface area contributed by atoms with Gasteiger partial charge in [-0.15, -0.1) is 0 Å². The van der Waals surface area contributed by atoms with Gasteiger partial charge in [-0.2, -0.15) is 0 Å². The Morgan fingerprint density at radius 1 is 1.14 bits per heavy atom. The number of hydrogen-bond donors (Lipinski definition) is 1. The molecule has 3 rings (SSSR count). The fourth-order valence-corrected chi connectivity index (χ4v) is 4.04. The summed E-state index contributed by atoms with van der Waals surface area (Å²) in [6.07, 6.45) is 0. The molecule has 2 aromatic rings. The number of carbonyl (C=O) groups is 1. The SMILES string of the molecule is O=C(O)CN1c2ccc(F)cc2-c2ccccc2S1(=O)=O. The number of carboxylic acid groups (broad SMARTS) is 1. The summed E-state index contributed by atoms with van der Waals surface area (Å²) in [7, 11) is -3.97. The maximum absolute atomic E-state index is 13.5. The van der Waals surface area contributed by atoms with Gasteiger partial charge in [-0.3, -0.25) is 9.10 Å². The molecular weight excluding hydrogens is 297 g/mol. The molecule has 0 aliphatic carbocycles. The summed E-state index contributed by atoms with van der Waals surface area (Å²) in [5, 5.41) is 8.95. The van der Waals surface area contributed by atoms with Crippen molar-refractivity contribution in [1.82, 2.24) is 0 Å². The van der Waals surface area contributed by atoms with Crippen LogP contribution in [0.25, 0.3) is 11.1 Å². The molecule has 0 saturated heterocycles. The Morgan fingerprint density at radius 2 is 1.86 bits per heavy atom. The molecule has 1 aliphatic rings. The van der Waals surface area contributed by atoms with E-state index in [2.05, 4.69) is 0 Å². The number of aliphatic carboxylic acids is 1. The Kier molecular flexibility index (Phi) is 2.94. The summed E-state index contributed by atoms with van der Waals surface area (Å²) in [5.74, 6) is -1.80. The van der Waals surface area contributed by atoms with Crippen LogP contribution in [0, 0.1) is 5.82 Å². The van der Waals surface area contributed by atoms with Gasteiger partial charge >= 0.3 is 5.97 Å². The monoisotopic (exact) mass is 307 g/mol. The van der Waals surface area contributed by atoms with Gasteiger partial charge in [0.15, 0.2) is 0 Å². The van der Waals surface area contributed by atoms with Crippen molar-refractivity contribution in [2.75, 3.05) is 10.8 Å². The van der Waals surface area contributed by atoms with Crippen molar-refractivity contribution in [1.29, 1.82) is 0 Å². The van der Waals surface area contributed by atoms with Gasteiger partial charge in [-0.25, -0.2) is 12.8 Å². The van der Waals surface area contributed by atoms with Gasteiger partial charge in [0.05, 0.1) is 10.6 Å². The molecule has 0 unspecified atom stereocenters. The van der Waals surface area contributed by atoms with Gasteiger partial charge in [0.1, 0.15) is 12.4 Å². The van der Waals surface area contributed by atoms with Crippen molar-refractivity contribution >= 4 is 21.7 Å². The van der Waals surface area contributed by atoms with Crippen LogP contribution in [0.15, 0.2) is 47.4 Å². The van der Waals surface area contributed by atoms with Gasteiger partial charge in [0.25, 0.3) is 10.0 Å². The number of rotatable bonds is 2. The molecule has 1 heterocycles. The second kappa shape index (κ2) is 4.56. The molecule has 0 spiro atoms. The summed E-state index contributed by atoms with van der Waals surface area (Å²) in [5.41, 5.74) is 0.896. The Morgan fingerprint density at radius 3 is 2.57 bits per heavy atom. The summed E-state index contributed by atoms with van der Waals surface area (Å²) in [6, 6.07) is 9.74. The highest BCUT2D eigenvalue weighted by Gasteiger charge is 2.35. The van der Waals surface area contributed by atoms with Crippen LogP contribution in [-0.2, 0) is 14.8 Å². The number of hydrogen-bond acceptors (Lipinski definition) is 3. The lowest BCUT2D eigenvalue weighted by Gasteiger charge is -2.30. The normalized spacial score (nSPS) is 15.2. The molecule has 7 heteroatoms. The lowest BCUT2D eigenvalue weighted by Crippen LogP contribution is -2.38. The molecule has 108 valence electrons. The Labute approximate surface area is 120 Å².